The van der Waals surface area contributed by atoms with Crippen LogP contribution < -0.4 is 29.6 Å². The molecule has 270 valence electrons. The van der Waals surface area contributed by atoms with Crippen molar-refractivity contribution in [2.45, 2.75) is 194 Å². The molecule has 0 aliphatic rings. The number of rotatable bonds is 29. The number of unbranched alkanes of at least 4 members (excludes halogenated alkanes) is 23. The molecule has 6 nitrogen and oxygen atoms in total. The molecule has 1 aromatic rings. The van der Waals surface area contributed by atoms with E-state index in [1.165, 1.54) is 167 Å². The fourth-order valence-electron chi connectivity index (χ4n) is 5.30. The van der Waals surface area contributed by atoms with Crippen LogP contribution in [0.3, 0.4) is 0 Å². The van der Waals surface area contributed by atoms with Crippen molar-refractivity contribution in [3.63, 3.8) is 0 Å². The van der Waals surface area contributed by atoms with Gasteiger partial charge in [-0.25, -0.2) is 0 Å². The zero-order valence-corrected chi connectivity index (χ0v) is 33.6. The average molecular weight is 683 g/mol. The van der Waals surface area contributed by atoms with Gasteiger partial charge in [0.1, 0.15) is 5.75 Å². The molecule has 0 saturated heterocycles. The van der Waals surface area contributed by atoms with Crippen LogP contribution in [0.4, 0.5) is 0 Å². The molecule has 0 atom stereocenters. The van der Waals surface area contributed by atoms with E-state index in [9.17, 15) is 5.11 Å². The molecule has 0 saturated carbocycles. The summed E-state index contributed by atoms with van der Waals surface area (Å²) in [4.78, 5) is 0. The Morgan fingerprint density at radius 2 is 0.804 bits per heavy atom. The van der Waals surface area contributed by atoms with Crippen molar-refractivity contribution in [1.82, 2.24) is 0 Å². The van der Waals surface area contributed by atoms with Crippen LogP contribution in [0, 0.1) is 0 Å². The summed E-state index contributed by atoms with van der Waals surface area (Å²) in [5, 5.41) is 9.55. The molecule has 0 spiro atoms. The van der Waals surface area contributed by atoms with Gasteiger partial charge in [0, 0.05) is 13.2 Å². The van der Waals surface area contributed by atoms with E-state index in [4.69, 9.17) is 22.3 Å². The summed E-state index contributed by atoms with van der Waals surface area (Å²) in [5.74, 6) is 0.450. The van der Waals surface area contributed by atoms with E-state index in [0.717, 1.165) is 25.2 Å². The number of benzene rings is 1. The molecule has 0 fully saturated rings. The molecule has 0 bridgehead atoms. The van der Waals surface area contributed by atoms with E-state index in [-0.39, 0.29) is 31.0 Å². The third-order valence-corrected chi connectivity index (χ3v) is 8.08. The second-order valence-electron chi connectivity index (χ2n) is 12.6. The second kappa shape index (κ2) is 41.0. The van der Waals surface area contributed by atoms with E-state index in [0.29, 0.717) is 5.75 Å². The Balaban J connectivity index is -0.000000356. The van der Waals surface area contributed by atoms with Crippen molar-refractivity contribution in [2.75, 3.05) is 13.2 Å². The molecule has 0 amide bonds. The molecule has 1 rings (SSSR count). The van der Waals surface area contributed by atoms with Crippen LogP contribution in [-0.4, -0.2) is 35.8 Å². The van der Waals surface area contributed by atoms with Gasteiger partial charge >= 0.3 is 40.0 Å². The first kappa shape index (κ1) is 50.2. The van der Waals surface area contributed by atoms with Crippen LogP contribution in [-0.2, 0) is 21.6 Å². The molecule has 3 N–H and O–H groups in total. The maximum absolute atomic E-state index is 9.55. The Labute approximate surface area is 310 Å². The van der Waals surface area contributed by atoms with Crippen molar-refractivity contribution >= 4 is 10.4 Å². The van der Waals surface area contributed by atoms with Gasteiger partial charge in [0.05, 0.1) is 0 Å². The van der Waals surface area contributed by atoms with Gasteiger partial charge in [0.15, 0.2) is 0 Å². The van der Waals surface area contributed by atoms with Crippen LogP contribution in [0.25, 0.3) is 0 Å². The normalized spacial score (nSPS) is 10.8. The fourth-order valence-corrected chi connectivity index (χ4v) is 5.30. The van der Waals surface area contributed by atoms with E-state index in [1.54, 1.807) is 6.07 Å². The van der Waals surface area contributed by atoms with Gasteiger partial charge in [-0.3, -0.25) is 9.11 Å². The first-order valence-corrected chi connectivity index (χ1v) is 20.2. The van der Waals surface area contributed by atoms with Crippen LogP contribution in [0.1, 0.15) is 195 Å². The molecular formula is C38H75NaO6S. The quantitative estimate of drug-likeness (QED) is 0.0442. The zero-order chi connectivity index (χ0) is 33.7. The SMILES string of the molecule is CCCCCCCCCCCCOCCCCCCCCCCCC.CCCCCCCCc1ccccc1O.O=S(=O)(O)O.[H-].[Na+]. The van der Waals surface area contributed by atoms with Crippen molar-refractivity contribution in [3.8, 4) is 5.75 Å². The van der Waals surface area contributed by atoms with Crippen molar-refractivity contribution < 1.29 is 58.4 Å². The number of hydrogen-bond acceptors (Lipinski definition) is 4. The monoisotopic (exact) mass is 683 g/mol. The van der Waals surface area contributed by atoms with E-state index in [1.807, 2.05) is 18.2 Å². The van der Waals surface area contributed by atoms with E-state index < -0.39 is 10.4 Å². The van der Waals surface area contributed by atoms with Crippen molar-refractivity contribution in [3.05, 3.63) is 29.8 Å². The van der Waals surface area contributed by atoms with Crippen molar-refractivity contribution in [2.24, 2.45) is 0 Å². The third kappa shape index (κ3) is 48.2. The first-order chi connectivity index (χ1) is 21.8. The zero-order valence-electron chi connectivity index (χ0n) is 31.8. The number of phenolic OH excluding ortho intramolecular Hbond substituents is 1. The summed E-state index contributed by atoms with van der Waals surface area (Å²) in [6.45, 7) is 8.81. The smallest absolute Gasteiger partial charge is 1.00 e. The second-order valence-corrected chi connectivity index (χ2v) is 13.5. The summed E-state index contributed by atoms with van der Waals surface area (Å²) in [5.41, 5.74) is 1.09. The maximum atomic E-state index is 9.55. The van der Waals surface area contributed by atoms with Gasteiger partial charge in [-0.1, -0.05) is 187 Å². The Morgan fingerprint density at radius 3 is 1.13 bits per heavy atom. The van der Waals surface area contributed by atoms with Gasteiger partial charge < -0.3 is 11.3 Å². The van der Waals surface area contributed by atoms with Crippen LogP contribution in [0.15, 0.2) is 24.3 Å². The molecule has 0 aliphatic heterocycles. The van der Waals surface area contributed by atoms with Gasteiger partial charge in [-0.2, -0.15) is 8.42 Å². The molecule has 0 aliphatic carbocycles. The first-order valence-electron chi connectivity index (χ1n) is 18.8. The molecule has 0 radical (unpaired) electrons. The van der Waals surface area contributed by atoms with Gasteiger partial charge in [-0.15, -0.1) is 0 Å². The minimum absolute atomic E-state index is 0. The Morgan fingerprint density at radius 1 is 0.522 bits per heavy atom. The van der Waals surface area contributed by atoms with E-state index >= 15 is 0 Å². The Hall–Kier alpha value is -0.150. The standard InChI is InChI=1S/C24H50O.C14H22O.Na.H2O4S.H/c1-3-5-7-9-11-13-15-17-19-21-23-25-24-22-20-18-16-14-12-10-8-6-4-2;1-2-3-4-5-6-7-10-13-11-8-9-12-14(13)15;;1-5(2,3)4;/h3-24H2,1-2H3;8-9,11-12,15H,2-7,10H2,1H3;;(H2,1,2,3,4);/q;;+1;;-1. The number of hydrogen-bond donors (Lipinski definition) is 3. The topological polar surface area (TPSA) is 104 Å². The third-order valence-electron chi connectivity index (χ3n) is 8.08. The number of ether oxygens (including phenoxy) is 1. The average Bonchev–Trinajstić information content (AvgIpc) is 3.00. The molecule has 0 heterocycles. The molecular weight excluding hydrogens is 607 g/mol. The van der Waals surface area contributed by atoms with Crippen LogP contribution in [0.5, 0.6) is 5.75 Å². The molecule has 0 aromatic heterocycles. The Kier molecular flexibility index (Phi) is 44.8. The largest absolute Gasteiger partial charge is 1.00 e. The number of phenols is 1. The van der Waals surface area contributed by atoms with Crippen LogP contribution >= 0.6 is 0 Å². The predicted molar refractivity (Wildman–Crippen MR) is 195 cm³/mol. The molecule has 0 unspecified atom stereocenters. The fraction of sp³-hybridized carbons (Fsp3) is 0.842. The van der Waals surface area contributed by atoms with Gasteiger partial charge in [0.2, 0.25) is 0 Å². The van der Waals surface area contributed by atoms with Gasteiger partial charge in [-0.05, 0) is 37.3 Å². The van der Waals surface area contributed by atoms with Crippen molar-refractivity contribution in [1.29, 1.82) is 0 Å². The molecule has 46 heavy (non-hydrogen) atoms. The summed E-state index contributed by atoms with van der Waals surface area (Å²) < 4.78 is 37.4. The Bertz CT molecular complexity index is 783. The van der Waals surface area contributed by atoms with Gasteiger partial charge in [0.25, 0.3) is 0 Å². The number of aromatic hydroxyl groups is 1. The minimum Gasteiger partial charge on any atom is -1.00 e. The summed E-state index contributed by atoms with van der Waals surface area (Å²) in [6.07, 6.45) is 37.0. The van der Waals surface area contributed by atoms with E-state index in [2.05, 4.69) is 20.8 Å². The molecule has 1 aromatic carbocycles. The summed E-state index contributed by atoms with van der Waals surface area (Å²) >= 11 is 0. The number of aryl methyl sites for hydroxylation is 1. The predicted octanol–water partition coefficient (Wildman–Crippen LogP) is 9.60. The number of para-hydroxylation sites is 1. The molecule has 8 heteroatoms. The maximum Gasteiger partial charge on any atom is 1.00 e. The minimum atomic E-state index is -4.67. The van der Waals surface area contributed by atoms with Crippen LogP contribution in [0.2, 0.25) is 0 Å². The summed E-state index contributed by atoms with van der Waals surface area (Å²) in [7, 11) is -4.67. The summed E-state index contributed by atoms with van der Waals surface area (Å²) in [6, 6.07) is 7.65.